The number of nitrogens with zero attached hydrogens (tertiary/aromatic N) is 1. The third-order valence-electron chi connectivity index (χ3n) is 3.80. The topological polar surface area (TPSA) is 52.6 Å². The molecule has 1 aliphatic rings. The van der Waals surface area contributed by atoms with Crippen LogP contribution in [0.1, 0.15) is 37.3 Å². The molecular formula is C16H24N2O2. The molecule has 1 aromatic rings. The fraction of sp³-hybridized carbons (Fsp3) is 0.562. The summed E-state index contributed by atoms with van der Waals surface area (Å²) in [4.78, 5) is 13.8. The van der Waals surface area contributed by atoms with E-state index >= 15 is 0 Å². The van der Waals surface area contributed by atoms with E-state index in [-0.39, 0.29) is 18.6 Å². The third-order valence-corrected chi connectivity index (χ3v) is 3.80. The molecule has 0 radical (unpaired) electrons. The van der Waals surface area contributed by atoms with Crippen molar-refractivity contribution in [2.75, 3.05) is 13.1 Å². The van der Waals surface area contributed by atoms with E-state index in [1.165, 1.54) is 5.56 Å². The Morgan fingerprint density at radius 3 is 2.70 bits per heavy atom. The molecule has 0 spiro atoms. The molecule has 1 aliphatic heterocycles. The lowest BCUT2D eigenvalue weighted by Gasteiger charge is -2.33. The average molecular weight is 276 g/mol. The second-order valence-corrected chi connectivity index (χ2v) is 5.47. The lowest BCUT2D eigenvalue weighted by Crippen LogP contribution is -2.47. The summed E-state index contributed by atoms with van der Waals surface area (Å²) in [6.07, 6.45) is 2.76. The lowest BCUT2D eigenvalue weighted by atomic mass is 10.0. The summed E-state index contributed by atoms with van der Waals surface area (Å²) in [5, 5.41) is 12.1. The highest BCUT2D eigenvalue weighted by molar-refractivity contribution is 5.75. The molecule has 0 saturated carbocycles. The number of likely N-dealkylation sites (tertiary alicyclic amines) is 1. The van der Waals surface area contributed by atoms with Gasteiger partial charge in [0.1, 0.15) is 0 Å². The zero-order valence-corrected chi connectivity index (χ0v) is 12.1. The number of benzene rings is 1. The minimum Gasteiger partial charge on any atom is -0.392 e. The molecule has 20 heavy (non-hydrogen) atoms. The summed E-state index contributed by atoms with van der Waals surface area (Å²) in [5.41, 5.74) is 2.20. The number of hydrogen-bond acceptors (Lipinski definition) is 3. The van der Waals surface area contributed by atoms with Gasteiger partial charge in [-0.05, 0) is 30.5 Å². The van der Waals surface area contributed by atoms with Crippen LogP contribution in [0.2, 0.25) is 0 Å². The van der Waals surface area contributed by atoms with Crippen molar-refractivity contribution in [1.29, 1.82) is 0 Å². The first-order valence-corrected chi connectivity index (χ1v) is 7.41. The number of aliphatic hydroxyl groups excluding tert-OH is 1. The summed E-state index contributed by atoms with van der Waals surface area (Å²) in [6.45, 7) is 4.89. The Balaban J connectivity index is 1.87. The molecule has 110 valence electrons. The van der Waals surface area contributed by atoms with Gasteiger partial charge in [0.25, 0.3) is 0 Å². The number of piperidine rings is 1. The van der Waals surface area contributed by atoms with E-state index in [1.54, 1.807) is 0 Å². The van der Waals surface area contributed by atoms with E-state index in [2.05, 4.69) is 22.3 Å². The van der Waals surface area contributed by atoms with Gasteiger partial charge in [-0.25, -0.2) is 0 Å². The Hall–Kier alpha value is -1.39. The zero-order chi connectivity index (χ0) is 14.4. The number of carbonyl (C=O) groups is 1. The van der Waals surface area contributed by atoms with E-state index < -0.39 is 0 Å². The van der Waals surface area contributed by atoms with Gasteiger partial charge in [-0.15, -0.1) is 0 Å². The SMILES string of the molecule is CCC(=O)NC1CCCN(Cc2ccc(CO)cc2)C1. The molecule has 1 fully saturated rings. The largest absolute Gasteiger partial charge is 0.392 e. The molecule has 4 heteroatoms. The van der Waals surface area contributed by atoms with E-state index in [9.17, 15) is 4.79 Å². The van der Waals surface area contributed by atoms with Gasteiger partial charge in [-0.2, -0.15) is 0 Å². The van der Waals surface area contributed by atoms with Gasteiger partial charge in [-0.3, -0.25) is 9.69 Å². The monoisotopic (exact) mass is 276 g/mol. The Morgan fingerprint density at radius 2 is 2.05 bits per heavy atom. The van der Waals surface area contributed by atoms with Crippen molar-refractivity contribution in [2.45, 2.75) is 45.4 Å². The lowest BCUT2D eigenvalue weighted by molar-refractivity contribution is -0.121. The van der Waals surface area contributed by atoms with Crippen LogP contribution in [0.3, 0.4) is 0 Å². The normalized spacial score (nSPS) is 19.8. The maximum atomic E-state index is 11.5. The van der Waals surface area contributed by atoms with Crippen LogP contribution < -0.4 is 5.32 Å². The molecule has 1 atom stereocenters. The molecule has 1 aromatic carbocycles. The molecule has 0 aromatic heterocycles. The fourth-order valence-corrected chi connectivity index (χ4v) is 2.65. The van der Waals surface area contributed by atoms with Crippen LogP contribution in [0, 0.1) is 0 Å². The first kappa shape index (κ1) is 15.0. The number of rotatable bonds is 5. The zero-order valence-electron chi connectivity index (χ0n) is 12.1. The van der Waals surface area contributed by atoms with Crippen molar-refractivity contribution in [3.8, 4) is 0 Å². The van der Waals surface area contributed by atoms with E-state index in [1.807, 2.05) is 19.1 Å². The molecule has 4 nitrogen and oxygen atoms in total. The van der Waals surface area contributed by atoms with Gasteiger partial charge >= 0.3 is 0 Å². The highest BCUT2D eigenvalue weighted by Gasteiger charge is 2.20. The highest BCUT2D eigenvalue weighted by atomic mass is 16.3. The summed E-state index contributed by atoms with van der Waals surface area (Å²) in [6, 6.07) is 8.36. The summed E-state index contributed by atoms with van der Waals surface area (Å²) in [5.74, 6) is 0.143. The van der Waals surface area contributed by atoms with Crippen molar-refractivity contribution >= 4 is 5.91 Å². The van der Waals surface area contributed by atoms with Crippen molar-refractivity contribution in [2.24, 2.45) is 0 Å². The van der Waals surface area contributed by atoms with Crippen molar-refractivity contribution in [1.82, 2.24) is 10.2 Å². The Bertz CT molecular complexity index is 431. The molecular weight excluding hydrogens is 252 g/mol. The molecule has 2 N–H and O–H groups in total. The van der Waals surface area contributed by atoms with Crippen LogP contribution >= 0.6 is 0 Å². The Morgan fingerprint density at radius 1 is 1.35 bits per heavy atom. The van der Waals surface area contributed by atoms with Crippen LogP contribution in [0.25, 0.3) is 0 Å². The smallest absolute Gasteiger partial charge is 0.219 e. The van der Waals surface area contributed by atoms with E-state index in [4.69, 9.17) is 5.11 Å². The summed E-state index contributed by atoms with van der Waals surface area (Å²) in [7, 11) is 0. The van der Waals surface area contributed by atoms with Gasteiger partial charge in [0.2, 0.25) is 5.91 Å². The standard InChI is InChI=1S/C16H24N2O2/c1-2-16(20)17-15-4-3-9-18(11-15)10-13-5-7-14(12-19)8-6-13/h5-8,15,19H,2-4,9-12H2,1H3,(H,17,20). The highest BCUT2D eigenvalue weighted by Crippen LogP contribution is 2.14. The number of nitrogens with one attached hydrogen (secondary N) is 1. The van der Waals surface area contributed by atoms with Crippen LogP contribution in [-0.4, -0.2) is 35.0 Å². The number of carbonyl (C=O) groups excluding carboxylic acids is 1. The van der Waals surface area contributed by atoms with Crippen LogP contribution in [0.15, 0.2) is 24.3 Å². The second kappa shape index (κ2) is 7.41. The molecule has 1 heterocycles. The summed E-state index contributed by atoms with van der Waals surface area (Å²) < 4.78 is 0. The van der Waals surface area contributed by atoms with Gasteiger partial charge in [-0.1, -0.05) is 31.2 Å². The van der Waals surface area contributed by atoms with E-state index in [0.717, 1.165) is 38.0 Å². The average Bonchev–Trinajstić information content (AvgIpc) is 2.48. The third kappa shape index (κ3) is 4.32. The van der Waals surface area contributed by atoms with Crippen molar-refractivity contribution < 1.29 is 9.90 Å². The molecule has 0 aliphatic carbocycles. The van der Waals surface area contributed by atoms with Crippen LogP contribution in [0.4, 0.5) is 0 Å². The van der Waals surface area contributed by atoms with Crippen LogP contribution in [0.5, 0.6) is 0 Å². The maximum Gasteiger partial charge on any atom is 0.219 e. The molecule has 1 saturated heterocycles. The van der Waals surface area contributed by atoms with Gasteiger partial charge in [0, 0.05) is 25.6 Å². The minimum absolute atomic E-state index is 0.0924. The van der Waals surface area contributed by atoms with Crippen LogP contribution in [-0.2, 0) is 17.9 Å². The van der Waals surface area contributed by atoms with Gasteiger partial charge < -0.3 is 10.4 Å². The molecule has 1 amide bonds. The Kier molecular flexibility index (Phi) is 5.56. The molecule has 1 unspecified atom stereocenters. The second-order valence-electron chi connectivity index (χ2n) is 5.47. The Labute approximate surface area is 120 Å². The predicted octanol–water partition coefficient (Wildman–Crippen LogP) is 1.67. The quantitative estimate of drug-likeness (QED) is 0.860. The maximum absolute atomic E-state index is 11.5. The number of amides is 1. The first-order chi connectivity index (χ1) is 9.71. The summed E-state index contributed by atoms with van der Waals surface area (Å²) >= 11 is 0. The van der Waals surface area contributed by atoms with Gasteiger partial charge in [0.05, 0.1) is 6.61 Å². The van der Waals surface area contributed by atoms with Crippen molar-refractivity contribution in [3.05, 3.63) is 35.4 Å². The minimum atomic E-state index is 0.0924. The van der Waals surface area contributed by atoms with E-state index in [0.29, 0.717) is 6.42 Å². The van der Waals surface area contributed by atoms with Crippen molar-refractivity contribution in [3.63, 3.8) is 0 Å². The fourth-order valence-electron chi connectivity index (χ4n) is 2.65. The first-order valence-electron chi connectivity index (χ1n) is 7.41. The van der Waals surface area contributed by atoms with Gasteiger partial charge in [0.15, 0.2) is 0 Å². The predicted molar refractivity (Wildman–Crippen MR) is 79.1 cm³/mol. The molecule has 0 bridgehead atoms. The number of aliphatic hydroxyl groups is 1. The molecule has 2 rings (SSSR count). The number of hydrogen-bond donors (Lipinski definition) is 2.